The van der Waals surface area contributed by atoms with Crippen molar-refractivity contribution in [1.29, 1.82) is 0 Å². The minimum Gasteiger partial charge on any atom is -0.364 e. The van der Waals surface area contributed by atoms with Crippen LogP contribution in [0.25, 0.3) is 0 Å². The molecule has 1 radical (unpaired) electrons. The summed E-state index contributed by atoms with van der Waals surface area (Å²) in [5.74, 6) is -0.963. The Morgan fingerprint density at radius 1 is 1.47 bits per heavy atom. The smallest absolute Gasteiger partial charge is 0.270 e. The summed E-state index contributed by atoms with van der Waals surface area (Å²) in [5, 5.41) is 6.79. The van der Waals surface area contributed by atoms with E-state index in [0.717, 1.165) is 25.9 Å². The first-order chi connectivity index (χ1) is 8.97. The monoisotopic (exact) mass is 264 g/mol. The molecule has 1 saturated heterocycles. The van der Waals surface area contributed by atoms with Gasteiger partial charge in [-0.2, -0.15) is 5.10 Å². The summed E-state index contributed by atoms with van der Waals surface area (Å²) in [6.45, 7) is 1.88. The summed E-state index contributed by atoms with van der Waals surface area (Å²) in [5.41, 5.74) is 5.32. The molecule has 3 N–H and O–H groups in total. The second kappa shape index (κ2) is 5.40. The number of nitrogens with zero attached hydrogens (tertiary/aromatic N) is 3. The fourth-order valence-corrected chi connectivity index (χ4v) is 2.27. The molecule has 1 atom stereocenters. The highest BCUT2D eigenvalue weighted by Gasteiger charge is 2.22. The number of carbonyl (C=O) groups excluding carboxylic acids is 2. The Kier molecular flexibility index (Phi) is 3.84. The molecule has 0 aliphatic carbocycles. The van der Waals surface area contributed by atoms with Crippen molar-refractivity contribution < 1.29 is 9.59 Å². The van der Waals surface area contributed by atoms with Gasteiger partial charge >= 0.3 is 0 Å². The second-order valence-electron chi connectivity index (χ2n) is 4.88. The molecule has 2 amide bonds. The van der Waals surface area contributed by atoms with E-state index in [-0.39, 0.29) is 23.3 Å². The Balaban J connectivity index is 2.05. The summed E-state index contributed by atoms with van der Waals surface area (Å²) in [6.07, 6.45) is 2.01. The predicted molar refractivity (Wildman–Crippen MR) is 68.5 cm³/mol. The number of amides is 2. The number of nitrogens with one attached hydrogen (secondary N) is 1. The number of hydrogen-bond donors (Lipinski definition) is 2. The largest absolute Gasteiger partial charge is 0.364 e. The van der Waals surface area contributed by atoms with Crippen molar-refractivity contribution in [2.24, 2.45) is 12.8 Å². The van der Waals surface area contributed by atoms with Crippen LogP contribution in [0.15, 0.2) is 0 Å². The van der Waals surface area contributed by atoms with Crippen LogP contribution < -0.4 is 11.1 Å². The van der Waals surface area contributed by atoms with Crippen molar-refractivity contribution >= 4 is 11.8 Å². The summed E-state index contributed by atoms with van der Waals surface area (Å²) < 4.78 is 1.32. The Morgan fingerprint density at radius 2 is 2.21 bits per heavy atom. The number of rotatable bonds is 3. The molecule has 1 fully saturated rings. The molecule has 1 unspecified atom stereocenters. The molecule has 1 aliphatic rings. The van der Waals surface area contributed by atoms with Gasteiger partial charge in [-0.1, -0.05) is 0 Å². The second-order valence-corrected chi connectivity index (χ2v) is 4.88. The standard InChI is InChI=1S/C12H18N5O2/c1-16-5-3-4-8(7-16)14-12(19)10-6-9(11(13)18)15-17(10)2/h8H,3-5,7H2,1-2H3,(H2,13,18)(H,14,19). The zero-order valence-electron chi connectivity index (χ0n) is 11.1. The first-order valence-electron chi connectivity index (χ1n) is 6.23. The lowest BCUT2D eigenvalue weighted by Gasteiger charge is -2.30. The Morgan fingerprint density at radius 3 is 2.79 bits per heavy atom. The van der Waals surface area contributed by atoms with Gasteiger partial charge in [0, 0.05) is 19.6 Å². The SMILES string of the molecule is CN1CCCC(NC(=O)c2[c]c(C(N)=O)nn2C)C1. The van der Waals surface area contributed by atoms with Crippen molar-refractivity contribution in [3.05, 3.63) is 17.5 Å². The highest BCUT2D eigenvalue weighted by atomic mass is 16.2. The van der Waals surface area contributed by atoms with Crippen LogP contribution in [-0.4, -0.2) is 52.7 Å². The topological polar surface area (TPSA) is 93.2 Å². The fourth-order valence-electron chi connectivity index (χ4n) is 2.27. The van der Waals surface area contributed by atoms with Crippen LogP contribution in [-0.2, 0) is 7.05 Å². The van der Waals surface area contributed by atoms with Crippen molar-refractivity contribution in [1.82, 2.24) is 20.0 Å². The minimum atomic E-state index is -0.688. The van der Waals surface area contributed by atoms with Gasteiger partial charge in [0.25, 0.3) is 11.8 Å². The molecule has 0 saturated carbocycles. The van der Waals surface area contributed by atoms with Crippen LogP contribution >= 0.6 is 0 Å². The highest BCUT2D eigenvalue weighted by molar-refractivity contribution is 5.96. The number of nitrogens with two attached hydrogens (primary N) is 1. The first-order valence-corrected chi connectivity index (χ1v) is 6.23. The molecule has 1 aromatic rings. The zero-order chi connectivity index (χ0) is 14.0. The van der Waals surface area contributed by atoms with Gasteiger partial charge in [0.15, 0.2) is 5.69 Å². The van der Waals surface area contributed by atoms with Gasteiger partial charge in [0.05, 0.1) is 6.07 Å². The number of piperidine rings is 1. The number of aryl methyl sites for hydroxylation is 1. The van der Waals surface area contributed by atoms with E-state index in [1.54, 1.807) is 7.05 Å². The molecule has 7 nitrogen and oxygen atoms in total. The molecule has 0 aromatic carbocycles. The average molecular weight is 264 g/mol. The molecule has 19 heavy (non-hydrogen) atoms. The van der Waals surface area contributed by atoms with Crippen LogP contribution in [0, 0.1) is 6.07 Å². The van der Waals surface area contributed by atoms with Gasteiger partial charge in [-0.15, -0.1) is 0 Å². The number of primary amides is 1. The van der Waals surface area contributed by atoms with Gasteiger partial charge < -0.3 is 16.0 Å². The van der Waals surface area contributed by atoms with E-state index in [1.165, 1.54) is 4.68 Å². The molecule has 2 heterocycles. The van der Waals surface area contributed by atoms with Crippen molar-refractivity contribution in [3.63, 3.8) is 0 Å². The number of likely N-dealkylation sites (tertiary alicyclic amines) is 1. The summed E-state index contributed by atoms with van der Waals surface area (Å²) >= 11 is 0. The normalized spacial score (nSPS) is 20.2. The van der Waals surface area contributed by atoms with Crippen molar-refractivity contribution in [2.75, 3.05) is 20.1 Å². The maximum Gasteiger partial charge on any atom is 0.270 e. The molecule has 0 spiro atoms. The Hall–Kier alpha value is -1.89. The van der Waals surface area contributed by atoms with E-state index < -0.39 is 5.91 Å². The van der Waals surface area contributed by atoms with Gasteiger partial charge in [0.2, 0.25) is 0 Å². The number of aromatic nitrogens is 2. The molecule has 103 valence electrons. The maximum atomic E-state index is 12.1. The van der Waals surface area contributed by atoms with Crippen LogP contribution in [0.1, 0.15) is 33.8 Å². The van der Waals surface area contributed by atoms with Crippen LogP contribution in [0.3, 0.4) is 0 Å². The maximum absolute atomic E-state index is 12.1. The van der Waals surface area contributed by atoms with E-state index in [9.17, 15) is 9.59 Å². The average Bonchev–Trinajstić information content (AvgIpc) is 2.71. The Labute approximate surface area is 111 Å². The summed E-state index contributed by atoms with van der Waals surface area (Å²) in [4.78, 5) is 25.3. The lowest BCUT2D eigenvalue weighted by Crippen LogP contribution is -2.46. The van der Waals surface area contributed by atoms with Crippen molar-refractivity contribution in [3.8, 4) is 0 Å². The minimum absolute atomic E-state index is 0.0200. The van der Waals surface area contributed by atoms with E-state index in [0.29, 0.717) is 0 Å². The van der Waals surface area contributed by atoms with Gasteiger partial charge in [-0.3, -0.25) is 14.3 Å². The van der Waals surface area contributed by atoms with E-state index in [1.807, 2.05) is 7.05 Å². The van der Waals surface area contributed by atoms with E-state index >= 15 is 0 Å². The van der Waals surface area contributed by atoms with Gasteiger partial charge in [0.1, 0.15) is 5.69 Å². The van der Waals surface area contributed by atoms with Crippen LogP contribution in [0.5, 0.6) is 0 Å². The molecule has 1 aromatic heterocycles. The third-order valence-electron chi connectivity index (χ3n) is 3.22. The molecule has 7 heteroatoms. The molecule has 2 rings (SSSR count). The van der Waals surface area contributed by atoms with Crippen LogP contribution in [0.2, 0.25) is 0 Å². The predicted octanol–water partition coefficient (Wildman–Crippen LogP) is -0.857. The fraction of sp³-hybridized carbons (Fsp3) is 0.583. The summed E-state index contributed by atoms with van der Waals surface area (Å²) in [6, 6.07) is 2.75. The van der Waals surface area contributed by atoms with E-state index in [2.05, 4.69) is 21.4 Å². The molecular formula is C12H18N5O2. The zero-order valence-corrected chi connectivity index (χ0v) is 11.1. The van der Waals surface area contributed by atoms with E-state index in [4.69, 9.17) is 5.73 Å². The lowest BCUT2D eigenvalue weighted by molar-refractivity contribution is 0.0902. The third-order valence-corrected chi connectivity index (χ3v) is 3.22. The van der Waals surface area contributed by atoms with Crippen LogP contribution in [0.4, 0.5) is 0 Å². The van der Waals surface area contributed by atoms with Gasteiger partial charge in [-0.25, -0.2) is 0 Å². The Bertz CT molecular complexity index is 496. The summed E-state index contributed by atoms with van der Waals surface area (Å²) in [7, 11) is 3.62. The first kappa shape index (κ1) is 13.5. The highest BCUT2D eigenvalue weighted by Crippen LogP contribution is 2.09. The van der Waals surface area contributed by atoms with Gasteiger partial charge in [-0.05, 0) is 26.4 Å². The number of carbonyl (C=O) groups is 2. The number of likely N-dealkylation sites (N-methyl/N-ethyl adjacent to an activating group) is 1. The lowest BCUT2D eigenvalue weighted by atomic mass is 10.1. The molecule has 1 aliphatic heterocycles. The molecule has 0 bridgehead atoms. The van der Waals surface area contributed by atoms with Crippen molar-refractivity contribution in [2.45, 2.75) is 18.9 Å². The number of hydrogen-bond acceptors (Lipinski definition) is 4. The third kappa shape index (κ3) is 3.11. The quantitative estimate of drug-likeness (QED) is 0.743. The molecular weight excluding hydrogens is 246 g/mol.